The molecule has 3 nitrogen and oxygen atoms in total. The van der Waals surface area contributed by atoms with Crippen LogP contribution in [0.25, 0.3) is 0 Å². The summed E-state index contributed by atoms with van der Waals surface area (Å²) in [5.74, 6) is 0.0510. The van der Waals surface area contributed by atoms with Gasteiger partial charge in [0.15, 0.2) is 6.10 Å². The van der Waals surface area contributed by atoms with Crippen LogP contribution >= 0.6 is 0 Å². The van der Waals surface area contributed by atoms with Crippen LogP contribution in [-0.4, -0.2) is 11.6 Å². The van der Waals surface area contributed by atoms with Crippen molar-refractivity contribution in [1.82, 2.24) is 5.32 Å². The Morgan fingerprint density at radius 3 is 2.58 bits per heavy atom. The van der Waals surface area contributed by atoms with Gasteiger partial charge in [0, 0.05) is 18.2 Å². The van der Waals surface area contributed by atoms with Crippen LogP contribution in [-0.2, 0) is 6.54 Å². The van der Waals surface area contributed by atoms with Gasteiger partial charge < -0.3 is 10.1 Å². The first-order valence-corrected chi connectivity index (χ1v) is 6.45. The molecule has 0 saturated heterocycles. The van der Waals surface area contributed by atoms with Crippen molar-refractivity contribution in [2.45, 2.75) is 52.3 Å². The molecule has 0 aliphatic rings. The number of nitriles is 1. The average Bonchev–Trinajstić information content (AvgIpc) is 2.32. The van der Waals surface area contributed by atoms with Gasteiger partial charge in [-0.05, 0) is 44.9 Å². The van der Waals surface area contributed by atoms with E-state index in [2.05, 4.69) is 5.32 Å². The van der Waals surface area contributed by atoms with Gasteiger partial charge in [-0.2, -0.15) is 5.26 Å². The van der Waals surface area contributed by atoms with Gasteiger partial charge in [0.05, 0.1) is 0 Å². The first-order chi connectivity index (χ1) is 8.84. The predicted octanol–water partition coefficient (Wildman–Crippen LogP) is 3.39. The minimum absolute atomic E-state index is 0.0358. The topological polar surface area (TPSA) is 45.0 Å². The number of rotatable bonds is 5. The van der Waals surface area contributed by atoms with E-state index in [0.717, 1.165) is 5.56 Å². The highest BCUT2D eigenvalue weighted by atomic mass is 19.1. The maximum Gasteiger partial charge on any atom is 0.184 e. The van der Waals surface area contributed by atoms with Crippen molar-refractivity contribution in [1.29, 1.82) is 5.26 Å². The number of nitrogens with one attached hydrogen (secondary N) is 1. The summed E-state index contributed by atoms with van der Waals surface area (Å²) in [6, 6.07) is 6.58. The molecule has 0 amide bonds. The van der Waals surface area contributed by atoms with Crippen LogP contribution < -0.4 is 10.1 Å². The van der Waals surface area contributed by atoms with Gasteiger partial charge in [0.1, 0.15) is 17.6 Å². The second kappa shape index (κ2) is 6.53. The van der Waals surface area contributed by atoms with Gasteiger partial charge in [-0.15, -0.1) is 0 Å². The van der Waals surface area contributed by atoms with Gasteiger partial charge in [-0.25, -0.2) is 4.39 Å². The number of hydrogen-bond donors (Lipinski definition) is 1. The molecule has 0 aliphatic carbocycles. The Hall–Kier alpha value is -1.60. The molecule has 104 valence electrons. The lowest BCUT2D eigenvalue weighted by molar-refractivity contribution is 0.250. The first kappa shape index (κ1) is 15.5. The lowest BCUT2D eigenvalue weighted by Crippen LogP contribution is -2.35. The van der Waals surface area contributed by atoms with Gasteiger partial charge in [-0.1, -0.05) is 6.92 Å². The van der Waals surface area contributed by atoms with Crippen molar-refractivity contribution in [2.75, 3.05) is 0 Å². The Kier molecular flexibility index (Phi) is 5.31. The summed E-state index contributed by atoms with van der Waals surface area (Å²) in [7, 11) is 0. The Morgan fingerprint density at radius 1 is 1.37 bits per heavy atom. The third-order valence-electron chi connectivity index (χ3n) is 2.55. The van der Waals surface area contributed by atoms with E-state index in [1.54, 1.807) is 6.07 Å². The summed E-state index contributed by atoms with van der Waals surface area (Å²) in [5.41, 5.74) is 0.768. The molecule has 1 atom stereocenters. The Morgan fingerprint density at radius 2 is 2.05 bits per heavy atom. The highest BCUT2D eigenvalue weighted by Gasteiger charge is 2.11. The molecule has 0 bridgehead atoms. The van der Waals surface area contributed by atoms with E-state index in [4.69, 9.17) is 10.00 Å². The van der Waals surface area contributed by atoms with Crippen LogP contribution in [0, 0.1) is 17.1 Å². The van der Waals surface area contributed by atoms with Crippen molar-refractivity contribution in [3.63, 3.8) is 0 Å². The van der Waals surface area contributed by atoms with Crippen molar-refractivity contribution in [3.05, 3.63) is 29.6 Å². The minimum atomic E-state index is -0.537. The molecule has 0 fully saturated rings. The summed E-state index contributed by atoms with van der Waals surface area (Å²) in [6.07, 6.45) is 0.0352. The monoisotopic (exact) mass is 264 g/mol. The van der Waals surface area contributed by atoms with Gasteiger partial charge in [0.25, 0.3) is 0 Å². The van der Waals surface area contributed by atoms with Gasteiger partial charge >= 0.3 is 0 Å². The second-order valence-electron chi connectivity index (χ2n) is 5.54. The molecule has 0 aliphatic heterocycles. The van der Waals surface area contributed by atoms with E-state index < -0.39 is 6.10 Å². The van der Waals surface area contributed by atoms with Crippen LogP contribution in [0.2, 0.25) is 0 Å². The van der Waals surface area contributed by atoms with E-state index >= 15 is 0 Å². The molecule has 1 unspecified atom stereocenters. The molecule has 0 spiro atoms. The quantitative estimate of drug-likeness (QED) is 0.886. The minimum Gasteiger partial charge on any atom is -0.475 e. The van der Waals surface area contributed by atoms with Crippen molar-refractivity contribution in [3.8, 4) is 11.8 Å². The fraction of sp³-hybridized carbons (Fsp3) is 0.533. The van der Waals surface area contributed by atoms with E-state index in [9.17, 15) is 4.39 Å². The predicted molar refractivity (Wildman–Crippen MR) is 73.3 cm³/mol. The fourth-order valence-corrected chi connectivity index (χ4v) is 1.52. The molecule has 0 heterocycles. The Bertz CT molecular complexity index is 460. The zero-order valence-corrected chi connectivity index (χ0v) is 12.0. The molecular formula is C15H21FN2O. The normalized spacial score (nSPS) is 12.8. The standard InChI is InChI=1S/C15H21FN2O/c1-5-13(9-17)19-14-7-11(6-12(16)8-14)10-18-15(2,3)4/h6-8,13,18H,5,10H2,1-4H3. The van der Waals surface area contributed by atoms with Crippen molar-refractivity contribution >= 4 is 0 Å². The summed E-state index contributed by atoms with van der Waals surface area (Å²) < 4.78 is 19.0. The summed E-state index contributed by atoms with van der Waals surface area (Å²) in [5, 5.41) is 12.1. The van der Waals surface area contributed by atoms with Crippen molar-refractivity contribution < 1.29 is 9.13 Å². The molecule has 19 heavy (non-hydrogen) atoms. The number of ether oxygens (including phenoxy) is 1. The largest absolute Gasteiger partial charge is 0.475 e. The fourth-order valence-electron chi connectivity index (χ4n) is 1.52. The van der Waals surface area contributed by atoms with Crippen molar-refractivity contribution in [2.24, 2.45) is 0 Å². The van der Waals surface area contributed by atoms with E-state index in [1.165, 1.54) is 12.1 Å². The van der Waals surface area contributed by atoms with Gasteiger partial charge in [0.2, 0.25) is 0 Å². The Labute approximate surface area is 114 Å². The first-order valence-electron chi connectivity index (χ1n) is 6.45. The van der Waals surface area contributed by atoms with E-state index in [0.29, 0.717) is 18.7 Å². The lowest BCUT2D eigenvalue weighted by Gasteiger charge is -2.21. The molecule has 1 aromatic rings. The smallest absolute Gasteiger partial charge is 0.184 e. The van der Waals surface area contributed by atoms with Crippen LogP contribution in [0.1, 0.15) is 39.7 Å². The average molecular weight is 264 g/mol. The van der Waals surface area contributed by atoms with E-state index in [1.807, 2.05) is 33.8 Å². The molecule has 1 rings (SSSR count). The summed E-state index contributed by atoms with van der Waals surface area (Å²) in [6.45, 7) is 8.56. The molecule has 0 aromatic heterocycles. The van der Waals surface area contributed by atoms with Crippen LogP contribution in [0.15, 0.2) is 18.2 Å². The summed E-state index contributed by atoms with van der Waals surface area (Å²) >= 11 is 0. The summed E-state index contributed by atoms with van der Waals surface area (Å²) in [4.78, 5) is 0. The lowest BCUT2D eigenvalue weighted by atomic mass is 10.1. The highest BCUT2D eigenvalue weighted by molar-refractivity contribution is 5.30. The number of nitrogens with zero attached hydrogens (tertiary/aromatic N) is 1. The zero-order chi connectivity index (χ0) is 14.5. The second-order valence-corrected chi connectivity index (χ2v) is 5.54. The molecule has 0 radical (unpaired) electrons. The number of benzene rings is 1. The van der Waals surface area contributed by atoms with Crippen LogP contribution in [0.4, 0.5) is 4.39 Å². The molecule has 0 saturated carbocycles. The maximum absolute atomic E-state index is 13.5. The molecule has 1 aromatic carbocycles. The molecule has 1 N–H and O–H groups in total. The third kappa shape index (κ3) is 5.71. The third-order valence-corrected chi connectivity index (χ3v) is 2.55. The number of hydrogen-bond acceptors (Lipinski definition) is 3. The molecular weight excluding hydrogens is 243 g/mol. The van der Waals surface area contributed by atoms with Crippen LogP contribution in [0.3, 0.4) is 0 Å². The maximum atomic E-state index is 13.5. The van der Waals surface area contributed by atoms with Gasteiger partial charge in [-0.3, -0.25) is 0 Å². The SMILES string of the molecule is CCC(C#N)Oc1cc(F)cc(CNC(C)(C)C)c1. The zero-order valence-electron chi connectivity index (χ0n) is 12.0. The Balaban J connectivity index is 2.80. The number of halogens is 1. The molecule has 4 heteroatoms. The highest BCUT2D eigenvalue weighted by Crippen LogP contribution is 2.19. The van der Waals surface area contributed by atoms with E-state index in [-0.39, 0.29) is 11.4 Å². The van der Waals surface area contributed by atoms with Crippen LogP contribution in [0.5, 0.6) is 5.75 Å².